The predicted molar refractivity (Wildman–Crippen MR) is 70.0 cm³/mol. The molecule has 0 bridgehead atoms. The van der Waals surface area contributed by atoms with Crippen LogP contribution in [0.25, 0.3) is 0 Å². The Bertz CT molecular complexity index is 260. The second-order valence-electron chi connectivity index (χ2n) is 5.03. The Kier molecular flexibility index (Phi) is 6.67. The summed E-state index contributed by atoms with van der Waals surface area (Å²) in [6.45, 7) is 11.8. The first-order chi connectivity index (χ1) is 7.72. The normalized spacial score (nSPS) is 15.1. The fourth-order valence-electron chi connectivity index (χ4n) is 1.47. The lowest BCUT2D eigenvalue weighted by atomic mass is 10.2. The molecule has 0 heterocycles. The molecule has 4 nitrogen and oxygen atoms in total. The fraction of sp³-hybridized carbons (Fsp3) is 0.750. The van der Waals surface area contributed by atoms with Crippen LogP contribution in [-0.4, -0.2) is 33.8 Å². The lowest BCUT2D eigenvalue weighted by Gasteiger charge is -2.33. The van der Waals surface area contributed by atoms with Crippen molar-refractivity contribution in [3.8, 4) is 0 Å². The molecule has 0 aromatic heterocycles. The second-order valence-corrected chi connectivity index (χ2v) is 8.41. The van der Waals surface area contributed by atoms with Crippen molar-refractivity contribution in [2.45, 2.75) is 45.4 Å². The minimum Gasteiger partial charge on any atom is -0.463 e. The van der Waals surface area contributed by atoms with Crippen LogP contribution in [0.3, 0.4) is 0 Å². The van der Waals surface area contributed by atoms with Crippen LogP contribution in [0.4, 0.5) is 0 Å². The molecule has 0 fully saturated rings. The Balaban J connectivity index is 4.04. The number of carbonyl (C=O) groups excluding carboxylic acids is 1. The van der Waals surface area contributed by atoms with E-state index in [4.69, 9.17) is 13.6 Å². The fourth-order valence-corrected chi connectivity index (χ4v) is 3.94. The molecule has 0 saturated heterocycles. The molecule has 0 aliphatic heterocycles. The van der Waals surface area contributed by atoms with E-state index in [1.165, 1.54) is 6.08 Å². The molecule has 0 aliphatic rings. The van der Waals surface area contributed by atoms with E-state index in [1.54, 1.807) is 7.11 Å². The lowest BCUT2D eigenvalue weighted by molar-refractivity contribution is -0.137. The zero-order chi connectivity index (χ0) is 13.5. The van der Waals surface area contributed by atoms with Crippen molar-refractivity contribution in [3.63, 3.8) is 0 Å². The number of ether oxygens (including phenoxy) is 1. The summed E-state index contributed by atoms with van der Waals surface area (Å²) in [6.07, 6.45) is 1.91. The summed E-state index contributed by atoms with van der Waals surface area (Å²) in [5, 5.41) is 0. The summed E-state index contributed by atoms with van der Waals surface area (Å²) in [5.74, 6) is -0.387. The van der Waals surface area contributed by atoms with E-state index >= 15 is 0 Å². The van der Waals surface area contributed by atoms with Gasteiger partial charge in [-0.2, -0.15) is 0 Å². The quantitative estimate of drug-likeness (QED) is 0.305. The number of hydrogen-bond donors (Lipinski definition) is 0. The van der Waals surface area contributed by atoms with Crippen LogP contribution < -0.4 is 0 Å². The van der Waals surface area contributed by atoms with Gasteiger partial charge in [0.2, 0.25) is 0 Å². The molecule has 0 amide bonds. The molecule has 0 aromatic rings. The third-order valence-corrected chi connectivity index (χ3v) is 5.31. The van der Waals surface area contributed by atoms with E-state index in [2.05, 4.69) is 6.58 Å². The van der Waals surface area contributed by atoms with Gasteiger partial charge in [-0.3, -0.25) is 0 Å². The molecule has 1 atom stereocenters. The van der Waals surface area contributed by atoms with E-state index in [0.717, 1.165) is 12.5 Å². The molecule has 0 N–H and O–H groups in total. The maximum atomic E-state index is 10.8. The van der Waals surface area contributed by atoms with Crippen molar-refractivity contribution in [1.82, 2.24) is 0 Å². The van der Waals surface area contributed by atoms with Gasteiger partial charge in [-0.05, 0) is 39.8 Å². The van der Waals surface area contributed by atoms with Crippen LogP contribution >= 0.6 is 0 Å². The Morgan fingerprint density at radius 1 is 1.41 bits per heavy atom. The monoisotopic (exact) mass is 260 g/mol. The highest BCUT2D eigenvalue weighted by atomic mass is 28.4. The minimum absolute atomic E-state index is 0.214. The molecule has 0 radical (unpaired) electrons. The topological polar surface area (TPSA) is 44.8 Å². The number of rotatable bonds is 7. The van der Waals surface area contributed by atoms with E-state index in [9.17, 15) is 4.79 Å². The second kappa shape index (κ2) is 6.93. The Hall–Kier alpha value is -0.653. The molecule has 0 saturated carbocycles. The van der Waals surface area contributed by atoms with Crippen LogP contribution in [0, 0.1) is 0 Å². The molecule has 0 aromatic carbocycles. The van der Waals surface area contributed by atoms with Gasteiger partial charge in [0.15, 0.2) is 0 Å². The van der Waals surface area contributed by atoms with E-state index < -0.39 is 8.56 Å². The van der Waals surface area contributed by atoms with Gasteiger partial charge in [0.05, 0.1) is 12.2 Å². The van der Waals surface area contributed by atoms with E-state index in [1.807, 2.05) is 27.3 Å². The molecule has 100 valence electrons. The van der Waals surface area contributed by atoms with Gasteiger partial charge < -0.3 is 13.6 Å². The number of hydrogen-bond acceptors (Lipinski definition) is 4. The summed E-state index contributed by atoms with van der Waals surface area (Å²) >= 11 is 0. The van der Waals surface area contributed by atoms with Gasteiger partial charge in [0.25, 0.3) is 0 Å². The van der Waals surface area contributed by atoms with Gasteiger partial charge in [-0.1, -0.05) is 6.58 Å². The zero-order valence-electron chi connectivity index (χ0n) is 11.5. The molecule has 0 aliphatic carbocycles. The molecule has 0 spiro atoms. The highest BCUT2D eigenvalue weighted by Crippen LogP contribution is 2.22. The van der Waals surface area contributed by atoms with Crippen LogP contribution in [0.15, 0.2) is 12.7 Å². The molecule has 0 rings (SSSR count). The highest BCUT2D eigenvalue weighted by Gasteiger charge is 2.34. The summed E-state index contributed by atoms with van der Waals surface area (Å²) in [6, 6.07) is 0.797. The highest BCUT2D eigenvalue weighted by molar-refractivity contribution is 6.66. The van der Waals surface area contributed by atoms with Crippen molar-refractivity contribution >= 4 is 14.5 Å². The van der Waals surface area contributed by atoms with Gasteiger partial charge in [-0.25, -0.2) is 4.79 Å². The van der Waals surface area contributed by atoms with Crippen molar-refractivity contribution in [2.24, 2.45) is 0 Å². The summed E-state index contributed by atoms with van der Waals surface area (Å²) < 4.78 is 16.4. The van der Waals surface area contributed by atoms with Crippen molar-refractivity contribution in [2.75, 3.05) is 13.7 Å². The van der Waals surface area contributed by atoms with Crippen molar-refractivity contribution in [3.05, 3.63) is 12.7 Å². The van der Waals surface area contributed by atoms with Crippen LogP contribution in [-0.2, 0) is 18.4 Å². The Morgan fingerprint density at radius 3 is 2.41 bits per heavy atom. The van der Waals surface area contributed by atoms with Crippen LogP contribution in [0.1, 0.15) is 27.2 Å². The van der Waals surface area contributed by atoms with Gasteiger partial charge in [0, 0.05) is 13.2 Å². The van der Waals surface area contributed by atoms with Crippen molar-refractivity contribution in [1.29, 1.82) is 0 Å². The largest absolute Gasteiger partial charge is 0.463 e. The number of carbonyl (C=O) groups is 1. The standard InChI is InChI=1S/C12H24O4Si/c1-7-11(13)15-9-8-10-17(6,14-5)16-12(2,3)4/h7H,1,8-10H2,2-6H3. The van der Waals surface area contributed by atoms with Gasteiger partial charge >= 0.3 is 14.5 Å². The van der Waals surface area contributed by atoms with Crippen molar-refractivity contribution < 1.29 is 18.4 Å². The summed E-state index contributed by atoms with van der Waals surface area (Å²) in [5.41, 5.74) is -0.214. The van der Waals surface area contributed by atoms with Crippen LogP contribution in [0.5, 0.6) is 0 Å². The van der Waals surface area contributed by atoms with Gasteiger partial charge in [-0.15, -0.1) is 0 Å². The Labute approximate surface area is 105 Å². The van der Waals surface area contributed by atoms with E-state index in [0.29, 0.717) is 6.61 Å². The first-order valence-corrected chi connectivity index (χ1v) is 8.29. The molecule has 5 heteroatoms. The van der Waals surface area contributed by atoms with E-state index in [-0.39, 0.29) is 11.6 Å². The minimum atomic E-state index is -2.16. The molecule has 17 heavy (non-hydrogen) atoms. The van der Waals surface area contributed by atoms with Gasteiger partial charge in [0.1, 0.15) is 0 Å². The molecule has 1 unspecified atom stereocenters. The predicted octanol–water partition coefficient (Wildman–Crippen LogP) is 2.64. The molecular weight excluding hydrogens is 236 g/mol. The first kappa shape index (κ1) is 16.3. The first-order valence-electron chi connectivity index (χ1n) is 5.77. The number of esters is 1. The maximum absolute atomic E-state index is 10.8. The lowest BCUT2D eigenvalue weighted by Crippen LogP contribution is -2.44. The summed E-state index contributed by atoms with van der Waals surface area (Å²) in [4.78, 5) is 10.8. The average molecular weight is 260 g/mol. The summed E-state index contributed by atoms with van der Waals surface area (Å²) in [7, 11) is -0.484. The maximum Gasteiger partial charge on any atom is 0.335 e. The molecular formula is C12H24O4Si. The average Bonchev–Trinajstić information content (AvgIpc) is 2.21. The SMILES string of the molecule is C=CC(=O)OCCC[Si](C)(OC)OC(C)(C)C. The van der Waals surface area contributed by atoms with Crippen LogP contribution in [0.2, 0.25) is 12.6 Å². The zero-order valence-corrected chi connectivity index (χ0v) is 12.5. The third kappa shape index (κ3) is 8.12. The third-order valence-electron chi connectivity index (χ3n) is 2.14. The smallest absolute Gasteiger partial charge is 0.335 e. The Morgan fingerprint density at radius 2 is 2.00 bits per heavy atom.